The second-order valence-electron chi connectivity index (χ2n) is 6.45. The van der Waals surface area contributed by atoms with Crippen LogP contribution in [0.1, 0.15) is 52.4 Å². The first-order chi connectivity index (χ1) is 9.99. The number of nitrogens with two attached hydrogens (primary N) is 1. The van der Waals surface area contributed by atoms with Gasteiger partial charge in [-0.25, -0.2) is 0 Å². The quantitative estimate of drug-likeness (QED) is 0.267. The van der Waals surface area contributed by atoms with Crippen molar-refractivity contribution in [1.29, 1.82) is 0 Å². The Morgan fingerprint density at radius 2 is 1.71 bits per heavy atom. The lowest BCUT2D eigenvalue weighted by molar-refractivity contribution is -0.151. The van der Waals surface area contributed by atoms with Crippen LogP contribution in [0.5, 0.6) is 0 Å². The molecular weight excluding hydrogens is 270 g/mol. The average molecular weight is 297 g/mol. The number of hydrogen-bond donors (Lipinski definition) is 2. The summed E-state index contributed by atoms with van der Waals surface area (Å²) in [7, 11) is 0. The highest BCUT2D eigenvalue weighted by Crippen LogP contribution is 2.37. The van der Waals surface area contributed by atoms with Crippen LogP contribution >= 0.6 is 0 Å². The molecule has 6 heteroatoms. The van der Waals surface area contributed by atoms with E-state index in [-0.39, 0.29) is 24.0 Å². The number of oxime groups is 1. The Kier molecular flexibility index (Phi) is 5.08. The van der Waals surface area contributed by atoms with Crippen molar-refractivity contribution in [3.8, 4) is 0 Å². The maximum absolute atomic E-state index is 13.1. The van der Waals surface area contributed by atoms with Gasteiger partial charge in [-0.1, -0.05) is 30.8 Å². The Morgan fingerprint density at radius 1 is 1.19 bits per heavy atom. The van der Waals surface area contributed by atoms with E-state index in [0.29, 0.717) is 25.9 Å². The number of rotatable bonds is 2. The van der Waals surface area contributed by atoms with Crippen LogP contribution in [0.2, 0.25) is 0 Å². The second-order valence-corrected chi connectivity index (χ2v) is 6.45. The predicted molar refractivity (Wildman–Crippen MR) is 80.1 cm³/mol. The molecular formula is C15H27N3O3. The van der Waals surface area contributed by atoms with Crippen molar-refractivity contribution in [3.05, 3.63) is 0 Å². The van der Waals surface area contributed by atoms with Gasteiger partial charge >= 0.3 is 0 Å². The summed E-state index contributed by atoms with van der Waals surface area (Å²) in [6.07, 6.45) is 5.46. The van der Waals surface area contributed by atoms with E-state index < -0.39 is 5.41 Å². The SMILES string of the molecule is CC1CN(C(=O)C2(C(N)=NO)CCCCCC2)CC(C)O1. The fraction of sp³-hybridized carbons (Fsp3) is 0.867. The summed E-state index contributed by atoms with van der Waals surface area (Å²) < 4.78 is 5.69. The average Bonchev–Trinajstić information content (AvgIpc) is 2.71. The Bertz CT molecular complexity index is 393. The standard InChI is InChI=1S/C15H27N3O3/c1-11-9-18(10-12(2)21-11)14(19)15(13(16)17-20)7-5-3-4-6-8-15/h11-12,20H,3-10H2,1-2H3,(H2,16,17). The van der Waals surface area contributed by atoms with Crippen LogP contribution in [0.15, 0.2) is 5.16 Å². The van der Waals surface area contributed by atoms with E-state index in [1.807, 2.05) is 18.7 Å². The molecule has 0 bridgehead atoms. The summed E-state index contributed by atoms with van der Waals surface area (Å²) in [5.41, 5.74) is 5.12. The van der Waals surface area contributed by atoms with E-state index in [2.05, 4.69) is 5.16 Å². The van der Waals surface area contributed by atoms with E-state index in [1.165, 1.54) is 0 Å². The minimum Gasteiger partial charge on any atom is -0.409 e. The normalized spacial score (nSPS) is 30.8. The van der Waals surface area contributed by atoms with Gasteiger partial charge in [-0.05, 0) is 26.7 Å². The van der Waals surface area contributed by atoms with Gasteiger partial charge in [0.05, 0.1) is 12.2 Å². The van der Waals surface area contributed by atoms with Crippen LogP contribution in [0.4, 0.5) is 0 Å². The van der Waals surface area contributed by atoms with Crippen LogP contribution < -0.4 is 5.73 Å². The molecule has 1 heterocycles. The summed E-state index contributed by atoms with van der Waals surface area (Å²) in [5.74, 6) is 0.0721. The van der Waals surface area contributed by atoms with Crippen molar-refractivity contribution in [2.24, 2.45) is 16.3 Å². The number of hydrogen-bond acceptors (Lipinski definition) is 4. The number of carbonyl (C=O) groups is 1. The maximum Gasteiger partial charge on any atom is 0.236 e. The molecule has 0 spiro atoms. The third-order valence-electron chi connectivity index (χ3n) is 4.67. The van der Waals surface area contributed by atoms with E-state index in [1.54, 1.807) is 0 Å². The fourth-order valence-electron chi connectivity index (χ4n) is 3.65. The summed E-state index contributed by atoms with van der Waals surface area (Å²) in [6.45, 7) is 5.09. The zero-order chi connectivity index (χ0) is 15.5. The molecule has 1 saturated heterocycles. The maximum atomic E-state index is 13.1. The van der Waals surface area contributed by atoms with Crippen molar-refractivity contribution in [2.75, 3.05) is 13.1 Å². The lowest BCUT2D eigenvalue weighted by Crippen LogP contribution is -2.56. The highest BCUT2D eigenvalue weighted by molar-refractivity contribution is 6.06. The molecule has 1 amide bonds. The first-order valence-electron chi connectivity index (χ1n) is 7.92. The van der Waals surface area contributed by atoms with Gasteiger partial charge in [-0.15, -0.1) is 0 Å². The van der Waals surface area contributed by atoms with E-state index in [9.17, 15) is 4.79 Å². The Balaban J connectivity index is 2.25. The van der Waals surface area contributed by atoms with Gasteiger partial charge < -0.3 is 20.6 Å². The molecule has 2 atom stereocenters. The third kappa shape index (κ3) is 3.31. The van der Waals surface area contributed by atoms with Crippen molar-refractivity contribution < 1.29 is 14.7 Å². The highest BCUT2D eigenvalue weighted by atomic mass is 16.5. The summed E-state index contributed by atoms with van der Waals surface area (Å²) in [6, 6.07) is 0. The van der Waals surface area contributed by atoms with Crippen LogP contribution in [-0.4, -0.2) is 47.1 Å². The molecule has 1 saturated carbocycles. The minimum atomic E-state index is -0.831. The molecule has 1 aliphatic heterocycles. The molecule has 120 valence electrons. The number of ether oxygens (including phenoxy) is 1. The molecule has 1 aliphatic carbocycles. The van der Waals surface area contributed by atoms with Crippen molar-refractivity contribution in [3.63, 3.8) is 0 Å². The van der Waals surface area contributed by atoms with Crippen molar-refractivity contribution in [1.82, 2.24) is 4.90 Å². The zero-order valence-corrected chi connectivity index (χ0v) is 13.0. The van der Waals surface area contributed by atoms with Gasteiger partial charge in [0.15, 0.2) is 5.84 Å². The van der Waals surface area contributed by atoms with E-state index in [0.717, 1.165) is 25.7 Å². The molecule has 21 heavy (non-hydrogen) atoms. The summed E-state index contributed by atoms with van der Waals surface area (Å²) in [5, 5.41) is 12.4. The smallest absolute Gasteiger partial charge is 0.236 e. The topological polar surface area (TPSA) is 88.2 Å². The molecule has 2 aliphatic rings. The molecule has 6 nitrogen and oxygen atoms in total. The molecule has 3 N–H and O–H groups in total. The molecule has 0 aromatic heterocycles. The second kappa shape index (κ2) is 6.64. The first kappa shape index (κ1) is 16.1. The lowest BCUT2D eigenvalue weighted by Gasteiger charge is -2.41. The monoisotopic (exact) mass is 297 g/mol. The highest BCUT2D eigenvalue weighted by Gasteiger charge is 2.46. The van der Waals surface area contributed by atoms with Gasteiger partial charge in [-0.2, -0.15) is 0 Å². The summed E-state index contributed by atoms with van der Waals surface area (Å²) >= 11 is 0. The molecule has 0 aromatic rings. The molecule has 0 radical (unpaired) electrons. The van der Waals surface area contributed by atoms with Crippen LogP contribution in [-0.2, 0) is 9.53 Å². The largest absolute Gasteiger partial charge is 0.409 e. The van der Waals surface area contributed by atoms with Crippen molar-refractivity contribution >= 4 is 11.7 Å². The fourth-order valence-corrected chi connectivity index (χ4v) is 3.65. The van der Waals surface area contributed by atoms with Gasteiger partial charge in [0.25, 0.3) is 0 Å². The Labute approximate surface area is 126 Å². The van der Waals surface area contributed by atoms with Gasteiger partial charge in [-0.3, -0.25) is 4.79 Å². The lowest BCUT2D eigenvalue weighted by atomic mass is 9.77. The molecule has 2 unspecified atom stereocenters. The van der Waals surface area contributed by atoms with Gasteiger partial charge in [0.1, 0.15) is 5.41 Å². The molecule has 2 fully saturated rings. The van der Waals surface area contributed by atoms with Crippen LogP contribution in [0.25, 0.3) is 0 Å². The molecule has 2 rings (SSSR count). The number of nitrogens with zero attached hydrogens (tertiary/aromatic N) is 2. The van der Waals surface area contributed by atoms with Crippen LogP contribution in [0, 0.1) is 5.41 Å². The number of carbonyl (C=O) groups excluding carboxylic acids is 1. The minimum absolute atomic E-state index is 0.00157. The number of morpholine rings is 1. The van der Waals surface area contributed by atoms with Gasteiger partial charge in [0, 0.05) is 13.1 Å². The number of amidine groups is 1. The van der Waals surface area contributed by atoms with E-state index in [4.69, 9.17) is 15.7 Å². The molecule has 0 aromatic carbocycles. The van der Waals surface area contributed by atoms with E-state index >= 15 is 0 Å². The third-order valence-corrected chi connectivity index (χ3v) is 4.67. The summed E-state index contributed by atoms with van der Waals surface area (Å²) in [4.78, 5) is 15.0. The first-order valence-corrected chi connectivity index (χ1v) is 7.92. The zero-order valence-electron chi connectivity index (χ0n) is 13.0. The predicted octanol–water partition coefficient (Wildman–Crippen LogP) is 1.71. The Hall–Kier alpha value is -1.30. The van der Waals surface area contributed by atoms with Crippen molar-refractivity contribution in [2.45, 2.75) is 64.6 Å². The number of amides is 1. The van der Waals surface area contributed by atoms with Crippen LogP contribution in [0.3, 0.4) is 0 Å². The van der Waals surface area contributed by atoms with Gasteiger partial charge in [0.2, 0.25) is 5.91 Å². The Morgan fingerprint density at radius 3 is 2.19 bits per heavy atom.